The molecule has 150 valence electrons. The van der Waals surface area contributed by atoms with E-state index in [1.165, 1.54) is 0 Å². The Bertz CT molecular complexity index is 945. The van der Waals surface area contributed by atoms with Gasteiger partial charge < -0.3 is 9.64 Å². The van der Waals surface area contributed by atoms with Gasteiger partial charge in [0.25, 0.3) is 5.91 Å². The van der Waals surface area contributed by atoms with Crippen LogP contribution < -0.4 is 4.74 Å². The third kappa shape index (κ3) is 3.51. The van der Waals surface area contributed by atoms with Crippen LogP contribution in [0.4, 0.5) is 0 Å². The minimum atomic E-state index is -3.40. The second kappa shape index (κ2) is 7.56. The van der Waals surface area contributed by atoms with Crippen LogP contribution >= 0.6 is 0 Å². The highest BCUT2D eigenvalue weighted by atomic mass is 32.2. The van der Waals surface area contributed by atoms with E-state index in [0.717, 1.165) is 11.3 Å². The van der Waals surface area contributed by atoms with Crippen LogP contribution in [0, 0.1) is 5.92 Å². The van der Waals surface area contributed by atoms with Gasteiger partial charge in [0, 0.05) is 32.4 Å². The van der Waals surface area contributed by atoms with Gasteiger partial charge in [0.05, 0.1) is 12.4 Å². The average molecular weight is 404 g/mol. The molecule has 2 atom stereocenters. The van der Waals surface area contributed by atoms with E-state index in [1.54, 1.807) is 28.6 Å². The Balaban J connectivity index is 1.46. The SMILES string of the molecule is COc1cccc(CN2C[C@H]3CCN(C(=O)c4ccn[nH]4)CC[C@H]3S2(=O)=O)c1. The van der Waals surface area contributed by atoms with Crippen molar-refractivity contribution in [1.82, 2.24) is 19.4 Å². The third-order valence-corrected chi connectivity index (χ3v) is 8.05. The number of amides is 1. The minimum absolute atomic E-state index is 0.0372. The number of hydrogen-bond donors (Lipinski definition) is 1. The molecule has 2 saturated heterocycles. The number of likely N-dealkylation sites (tertiary alicyclic amines) is 1. The number of nitrogens with one attached hydrogen (secondary N) is 1. The molecule has 0 aliphatic carbocycles. The van der Waals surface area contributed by atoms with E-state index in [9.17, 15) is 13.2 Å². The molecule has 0 unspecified atom stereocenters. The summed E-state index contributed by atoms with van der Waals surface area (Å²) in [6.45, 7) is 1.84. The summed E-state index contributed by atoms with van der Waals surface area (Å²) in [5.41, 5.74) is 1.35. The number of carbonyl (C=O) groups excluding carboxylic acids is 1. The molecular weight excluding hydrogens is 380 g/mol. The van der Waals surface area contributed by atoms with E-state index in [4.69, 9.17) is 4.74 Å². The molecule has 0 saturated carbocycles. The number of methoxy groups -OCH3 is 1. The molecule has 2 aliphatic heterocycles. The summed E-state index contributed by atoms with van der Waals surface area (Å²) in [6.07, 6.45) is 2.68. The predicted octanol–water partition coefficient (Wildman–Crippen LogP) is 1.48. The normalized spacial score (nSPS) is 24.5. The lowest BCUT2D eigenvalue weighted by atomic mass is 10.0. The van der Waals surface area contributed by atoms with E-state index in [1.807, 2.05) is 24.3 Å². The first-order chi connectivity index (χ1) is 13.5. The highest BCUT2D eigenvalue weighted by Crippen LogP contribution is 2.35. The van der Waals surface area contributed by atoms with Gasteiger partial charge in [0.15, 0.2) is 0 Å². The molecule has 4 rings (SSSR count). The lowest BCUT2D eigenvalue weighted by Gasteiger charge is -2.21. The Morgan fingerprint density at radius 3 is 2.86 bits per heavy atom. The fourth-order valence-corrected chi connectivity index (χ4v) is 6.40. The topological polar surface area (TPSA) is 95.6 Å². The van der Waals surface area contributed by atoms with Crippen molar-refractivity contribution in [2.45, 2.75) is 24.6 Å². The maximum Gasteiger partial charge on any atom is 0.271 e. The zero-order chi connectivity index (χ0) is 19.7. The van der Waals surface area contributed by atoms with E-state index >= 15 is 0 Å². The summed E-state index contributed by atoms with van der Waals surface area (Å²) in [5.74, 6) is 0.634. The number of nitrogens with zero attached hydrogens (tertiary/aromatic N) is 3. The Morgan fingerprint density at radius 1 is 1.29 bits per heavy atom. The molecule has 0 bridgehead atoms. The quantitative estimate of drug-likeness (QED) is 0.833. The van der Waals surface area contributed by atoms with Crippen LogP contribution in [0.3, 0.4) is 0 Å². The number of benzene rings is 1. The molecule has 1 amide bonds. The van der Waals surface area contributed by atoms with Crippen LogP contribution in [-0.2, 0) is 16.6 Å². The smallest absolute Gasteiger partial charge is 0.271 e. The molecule has 0 spiro atoms. The van der Waals surface area contributed by atoms with E-state index < -0.39 is 15.3 Å². The summed E-state index contributed by atoms with van der Waals surface area (Å²) in [7, 11) is -1.80. The molecule has 2 fully saturated rings. The molecule has 0 radical (unpaired) electrons. The van der Waals surface area contributed by atoms with Gasteiger partial charge in [-0.1, -0.05) is 12.1 Å². The molecule has 2 aromatic rings. The van der Waals surface area contributed by atoms with Crippen molar-refractivity contribution in [3.05, 3.63) is 47.8 Å². The van der Waals surface area contributed by atoms with Crippen molar-refractivity contribution in [1.29, 1.82) is 0 Å². The summed E-state index contributed by atoms with van der Waals surface area (Å²) in [6, 6.07) is 9.14. The standard InChI is InChI=1S/C19H24N4O4S/c1-27-16-4-2-3-14(11-16)12-23-13-15-6-9-22(10-7-18(15)28(23,25)26)19(24)17-5-8-20-21-17/h2-5,8,11,15,18H,6-7,9-10,12-13H2,1H3,(H,20,21)/t15-,18-/m1/s1. The fraction of sp³-hybridized carbons (Fsp3) is 0.474. The highest BCUT2D eigenvalue weighted by Gasteiger charge is 2.47. The van der Waals surface area contributed by atoms with Crippen molar-refractivity contribution in [3.63, 3.8) is 0 Å². The first-order valence-corrected chi connectivity index (χ1v) is 10.9. The fourth-order valence-electron chi connectivity index (χ4n) is 4.17. The summed E-state index contributed by atoms with van der Waals surface area (Å²) < 4.78 is 33.1. The van der Waals surface area contributed by atoms with Crippen molar-refractivity contribution < 1.29 is 17.9 Å². The zero-order valence-electron chi connectivity index (χ0n) is 15.7. The van der Waals surface area contributed by atoms with Gasteiger partial charge >= 0.3 is 0 Å². The number of carbonyl (C=O) groups is 1. The van der Waals surface area contributed by atoms with Gasteiger partial charge in [-0.3, -0.25) is 9.89 Å². The van der Waals surface area contributed by atoms with Crippen LogP contribution in [0.15, 0.2) is 36.5 Å². The van der Waals surface area contributed by atoms with Gasteiger partial charge in [-0.15, -0.1) is 0 Å². The number of fused-ring (bicyclic) bond motifs is 1. The summed E-state index contributed by atoms with van der Waals surface area (Å²) in [4.78, 5) is 14.3. The molecule has 1 N–H and O–H groups in total. The Kier molecular flexibility index (Phi) is 5.11. The molecule has 3 heterocycles. The summed E-state index contributed by atoms with van der Waals surface area (Å²) >= 11 is 0. The molecule has 8 nitrogen and oxygen atoms in total. The Hall–Kier alpha value is -2.39. The van der Waals surface area contributed by atoms with Crippen LogP contribution in [0.1, 0.15) is 28.9 Å². The number of rotatable bonds is 4. The number of ether oxygens (including phenoxy) is 1. The summed E-state index contributed by atoms with van der Waals surface area (Å²) in [5, 5.41) is 6.07. The lowest BCUT2D eigenvalue weighted by molar-refractivity contribution is 0.0753. The zero-order valence-corrected chi connectivity index (χ0v) is 16.6. The van der Waals surface area contributed by atoms with Gasteiger partial charge in [-0.25, -0.2) is 8.42 Å². The molecule has 9 heteroatoms. The lowest BCUT2D eigenvalue weighted by Crippen LogP contribution is -2.34. The Morgan fingerprint density at radius 2 is 2.11 bits per heavy atom. The maximum absolute atomic E-state index is 13.1. The number of hydrogen-bond acceptors (Lipinski definition) is 5. The number of aromatic nitrogens is 2. The highest BCUT2D eigenvalue weighted by molar-refractivity contribution is 7.90. The molecule has 2 aliphatic rings. The van der Waals surface area contributed by atoms with Crippen LogP contribution in [-0.4, -0.2) is 65.7 Å². The van der Waals surface area contributed by atoms with E-state index in [2.05, 4.69) is 10.2 Å². The number of aromatic amines is 1. The van der Waals surface area contributed by atoms with Crippen LogP contribution in [0.2, 0.25) is 0 Å². The first kappa shape index (κ1) is 18.9. The second-order valence-electron chi connectivity index (χ2n) is 7.33. The third-order valence-electron chi connectivity index (χ3n) is 5.67. The number of sulfonamides is 1. The molecule has 1 aromatic heterocycles. The Labute approximate surface area is 164 Å². The van der Waals surface area contributed by atoms with Crippen molar-refractivity contribution >= 4 is 15.9 Å². The van der Waals surface area contributed by atoms with Gasteiger partial charge in [0.2, 0.25) is 10.0 Å². The van der Waals surface area contributed by atoms with Crippen molar-refractivity contribution in [3.8, 4) is 5.75 Å². The molecule has 28 heavy (non-hydrogen) atoms. The molecule has 1 aromatic carbocycles. The average Bonchev–Trinajstić information content (AvgIpc) is 3.23. The van der Waals surface area contributed by atoms with Crippen molar-refractivity contribution in [2.24, 2.45) is 5.92 Å². The monoisotopic (exact) mass is 404 g/mol. The van der Waals surface area contributed by atoms with Gasteiger partial charge in [0.1, 0.15) is 11.4 Å². The maximum atomic E-state index is 13.1. The van der Waals surface area contributed by atoms with Gasteiger partial charge in [-0.05, 0) is 42.5 Å². The largest absolute Gasteiger partial charge is 0.497 e. The van der Waals surface area contributed by atoms with Crippen LogP contribution in [0.25, 0.3) is 0 Å². The number of H-pyrrole nitrogens is 1. The minimum Gasteiger partial charge on any atom is -0.497 e. The van der Waals surface area contributed by atoms with Crippen LogP contribution in [0.5, 0.6) is 5.75 Å². The van der Waals surface area contributed by atoms with Gasteiger partial charge in [-0.2, -0.15) is 9.40 Å². The predicted molar refractivity (Wildman–Crippen MR) is 103 cm³/mol. The van der Waals surface area contributed by atoms with E-state index in [0.29, 0.717) is 44.7 Å². The second-order valence-corrected chi connectivity index (χ2v) is 9.48. The van der Waals surface area contributed by atoms with E-state index in [-0.39, 0.29) is 11.8 Å². The molecular formula is C19H24N4O4S. The first-order valence-electron chi connectivity index (χ1n) is 9.39. The van der Waals surface area contributed by atoms with Crippen molar-refractivity contribution in [2.75, 3.05) is 26.7 Å².